The maximum absolute atomic E-state index is 10.6. The van der Waals surface area contributed by atoms with E-state index >= 15 is 0 Å². The summed E-state index contributed by atoms with van der Waals surface area (Å²) in [6.45, 7) is 4.03. The molecule has 4 heterocycles. The lowest BCUT2D eigenvalue weighted by molar-refractivity contribution is -0.192. The maximum atomic E-state index is 10.6. The molecule has 1 saturated heterocycles. The lowest BCUT2D eigenvalue weighted by atomic mass is 10.1. The number of alkyl halides is 3. The highest BCUT2D eigenvalue weighted by Gasteiger charge is 2.38. The first kappa shape index (κ1) is 21.4. The van der Waals surface area contributed by atoms with Crippen LogP contribution in [0.2, 0.25) is 0 Å². The molecule has 1 unspecified atom stereocenters. The zero-order chi connectivity index (χ0) is 21.6. The molecule has 9 nitrogen and oxygen atoms in total. The molecular weight excluding hydrogens is 403 g/mol. The second kappa shape index (κ2) is 9.48. The minimum absolute atomic E-state index is 0.634. The summed E-state index contributed by atoms with van der Waals surface area (Å²) >= 11 is 0. The highest BCUT2D eigenvalue weighted by Crippen LogP contribution is 2.21. The van der Waals surface area contributed by atoms with Gasteiger partial charge in [-0.05, 0) is 37.1 Å². The van der Waals surface area contributed by atoms with Crippen LogP contribution in [0.1, 0.15) is 12.1 Å². The van der Waals surface area contributed by atoms with Crippen LogP contribution in [-0.4, -0.2) is 65.4 Å². The predicted molar refractivity (Wildman–Crippen MR) is 98.9 cm³/mol. The summed E-state index contributed by atoms with van der Waals surface area (Å²) in [6.07, 6.45) is 1.56. The molecule has 0 radical (unpaired) electrons. The maximum Gasteiger partial charge on any atom is 0.490 e. The van der Waals surface area contributed by atoms with Crippen LogP contribution in [0, 0.1) is 5.92 Å². The Morgan fingerprint density at radius 2 is 2.07 bits per heavy atom. The Labute approximate surface area is 169 Å². The fourth-order valence-corrected chi connectivity index (χ4v) is 3.13. The van der Waals surface area contributed by atoms with Gasteiger partial charge in [0.2, 0.25) is 0 Å². The summed E-state index contributed by atoms with van der Waals surface area (Å²) in [5.41, 5.74) is 2.94. The van der Waals surface area contributed by atoms with E-state index in [-0.39, 0.29) is 0 Å². The molecule has 0 aromatic carbocycles. The van der Waals surface area contributed by atoms with Crippen molar-refractivity contribution in [1.82, 2.24) is 35.1 Å². The minimum Gasteiger partial charge on any atom is -0.475 e. The molecule has 1 aliphatic rings. The molecule has 2 N–H and O–H groups in total. The van der Waals surface area contributed by atoms with Gasteiger partial charge in [0.25, 0.3) is 0 Å². The van der Waals surface area contributed by atoms with Crippen molar-refractivity contribution in [2.75, 3.05) is 13.1 Å². The third kappa shape index (κ3) is 6.11. The lowest BCUT2D eigenvalue weighted by Crippen LogP contribution is -2.21. The van der Waals surface area contributed by atoms with Crippen LogP contribution in [0.5, 0.6) is 0 Å². The average molecular weight is 423 g/mol. The molecule has 3 aromatic rings. The third-order valence-electron chi connectivity index (χ3n) is 4.48. The van der Waals surface area contributed by atoms with Crippen LogP contribution in [0.4, 0.5) is 13.2 Å². The van der Waals surface area contributed by atoms with E-state index < -0.39 is 12.1 Å². The van der Waals surface area contributed by atoms with Crippen molar-refractivity contribution < 1.29 is 23.1 Å². The molecule has 0 bridgehead atoms. The van der Waals surface area contributed by atoms with Crippen molar-refractivity contribution in [2.24, 2.45) is 5.92 Å². The van der Waals surface area contributed by atoms with Gasteiger partial charge in [0.1, 0.15) is 5.69 Å². The first-order chi connectivity index (χ1) is 14.3. The van der Waals surface area contributed by atoms with E-state index in [0.717, 1.165) is 43.3 Å². The van der Waals surface area contributed by atoms with Crippen molar-refractivity contribution in [3.63, 3.8) is 0 Å². The van der Waals surface area contributed by atoms with E-state index in [4.69, 9.17) is 9.90 Å². The molecule has 1 fully saturated rings. The first-order valence-corrected chi connectivity index (χ1v) is 9.13. The normalized spacial score (nSPS) is 16.8. The topological polar surface area (TPSA) is 113 Å². The number of nitrogens with zero attached hydrogens (tertiary/aromatic N) is 6. The monoisotopic (exact) mass is 423 g/mol. The van der Waals surface area contributed by atoms with Crippen molar-refractivity contribution >= 4 is 5.97 Å². The van der Waals surface area contributed by atoms with E-state index in [0.29, 0.717) is 5.92 Å². The number of carbonyl (C=O) groups is 1. The Kier molecular flexibility index (Phi) is 6.77. The zero-order valence-electron chi connectivity index (χ0n) is 15.8. The number of rotatable bonds is 5. The first-order valence-electron chi connectivity index (χ1n) is 9.13. The Hall–Kier alpha value is -3.28. The van der Waals surface area contributed by atoms with Crippen LogP contribution in [-0.2, 0) is 17.9 Å². The number of hydrogen-bond donors (Lipinski definition) is 2. The summed E-state index contributed by atoms with van der Waals surface area (Å²) in [7, 11) is 0. The van der Waals surface area contributed by atoms with E-state index in [1.54, 1.807) is 12.4 Å². The number of carboxylic acid groups (broad SMARTS) is 1. The molecule has 4 rings (SSSR count). The summed E-state index contributed by atoms with van der Waals surface area (Å²) in [5.74, 6) is -2.12. The van der Waals surface area contributed by atoms with Gasteiger partial charge in [-0.3, -0.25) is 19.7 Å². The van der Waals surface area contributed by atoms with Gasteiger partial charge < -0.3 is 5.11 Å². The molecule has 160 valence electrons. The second-order valence-electron chi connectivity index (χ2n) is 6.81. The molecule has 12 heteroatoms. The van der Waals surface area contributed by atoms with Gasteiger partial charge in [-0.2, -0.15) is 18.3 Å². The molecular formula is C18H20F3N7O2. The lowest BCUT2D eigenvalue weighted by Gasteiger charge is -2.14. The van der Waals surface area contributed by atoms with E-state index in [1.165, 1.54) is 6.42 Å². The number of aromatic nitrogens is 6. The van der Waals surface area contributed by atoms with Crippen LogP contribution < -0.4 is 0 Å². The number of hydrogen-bond acceptors (Lipinski definition) is 6. The van der Waals surface area contributed by atoms with Crippen LogP contribution in [0.15, 0.2) is 42.9 Å². The summed E-state index contributed by atoms with van der Waals surface area (Å²) in [5, 5.41) is 22.5. The second-order valence-corrected chi connectivity index (χ2v) is 6.81. The number of aromatic amines is 1. The van der Waals surface area contributed by atoms with Gasteiger partial charge in [-0.1, -0.05) is 11.3 Å². The minimum atomic E-state index is -5.08. The van der Waals surface area contributed by atoms with E-state index in [2.05, 4.69) is 36.5 Å². The van der Waals surface area contributed by atoms with Gasteiger partial charge in [0.15, 0.2) is 0 Å². The number of carboxylic acids is 1. The number of nitrogens with one attached hydrogen (secondary N) is 1. The van der Waals surface area contributed by atoms with Gasteiger partial charge in [0, 0.05) is 37.7 Å². The standard InChI is InChI=1S/C16H19N7.C2HF3O2/c1-2-5-17-15(3-1)16-9-14(19-20-16)12-22-7-4-13(10-22)11-23-8-6-18-21-23;3-2(4,5)1(6)7/h1-3,5-6,8-9,13H,4,7,10-12H2,(H,19,20);(H,6,7). The molecule has 1 atom stereocenters. The summed E-state index contributed by atoms with van der Waals surface area (Å²) < 4.78 is 33.7. The quantitative estimate of drug-likeness (QED) is 0.647. The number of pyridine rings is 1. The Morgan fingerprint density at radius 3 is 2.70 bits per heavy atom. The Balaban J connectivity index is 0.000000318. The number of halogens is 3. The number of likely N-dealkylation sites (tertiary alicyclic amines) is 1. The van der Waals surface area contributed by atoms with Gasteiger partial charge >= 0.3 is 12.1 Å². The Bertz CT molecular complexity index is 929. The average Bonchev–Trinajstić information content (AvgIpc) is 3.46. The smallest absolute Gasteiger partial charge is 0.475 e. The van der Waals surface area contributed by atoms with Crippen LogP contribution >= 0.6 is 0 Å². The number of aliphatic carboxylic acids is 1. The van der Waals surface area contributed by atoms with E-state index in [1.807, 2.05) is 29.1 Å². The predicted octanol–water partition coefficient (Wildman–Crippen LogP) is 2.22. The SMILES string of the molecule is O=C(O)C(F)(F)F.c1ccc(-c2cc(CN3CCC(Cn4ccnn4)C3)[nH]n2)nc1. The fourth-order valence-electron chi connectivity index (χ4n) is 3.13. The van der Waals surface area contributed by atoms with Gasteiger partial charge in [-0.25, -0.2) is 4.79 Å². The zero-order valence-corrected chi connectivity index (χ0v) is 15.8. The largest absolute Gasteiger partial charge is 0.490 e. The third-order valence-corrected chi connectivity index (χ3v) is 4.48. The molecule has 0 saturated carbocycles. The number of H-pyrrole nitrogens is 1. The highest BCUT2D eigenvalue weighted by molar-refractivity contribution is 5.73. The van der Waals surface area contributed by atoms with Crippen molar-refractivity contribution in [2.45, 2.75) is 25.7 Å². The van der Waals surface area contributed by atoms with Crippen LogP contribution in [0.25, 0.3) is 11.4 Å². The Morgan fingerprint density at radius 1 is 1.27 bits per heavy atom. The molecule has 0 spiro atoms. The molecule has 1 aliphatic heterocycles. The highest BCUT2D eigenvalue weighted by atomic mass is 19.4. The fraction of sp³-hybridized carbons (Fsp3) is 0.389. The van der Waals surface area contributed by atoms with Gasteiger partial charge in [-0.15, -0.1) is 5.10 Å². The van der Waals surface area contributed by atoms with Crippen LogP contribution in [0.3, 0.4) is 0 Å². The van der Waals surface area contributed by atoms with Gasteiger partial charge in [0.05, 0.1) is 11.9 Å². The summed E-state index contributed by atoms with van der Waals surface area (Å²) in [6, 6.07) is 7.96. The molecule has 0 aliphatic carbocycles. The molecule has 30 heavy (non-hydrogen) atoms. The summed E-state index contributed by atoms with van der Waals surface area (Å²) in [4.78, 5) is 15.7. The van der Waals surface area contributed by atoms with Crippen molar-refractivity contribution in [3.8, 4) is 11.4 Å². The molecule has 3 aromatic heterocycles. The molecule has 0 amide bonds. The van der Waals surface area contributed by atoms with Crippen molar-refractivity contribution in [3.05, 3.63) is 48.5 Å². The van der Waals surface area contributed by atoms with E-state index in [9.17, 15) is 13.2 Å². The van der Waals surface area contributed by atoms with Crippen molar-refractivity contribution in [1.29, 1.82) is 0 Å².